The Balaban J connectivity index is 1.80. The second-order valence-electron chi connectivity index (χ2n) is 8.15. The lowest BCUT2D eigenvalue weighted by Crippen LogP contribution is -2.52. The largest absolute Gasteiger partial charge is 0.350 e. The van der Waals surface area contributed by atoms with Crippen LogP contribution in [0.25, 0.3) is 10.9 Å². The number of amides is 5. The molecule has 0 spiro atoms. The molecule has 5 amide bonds. The summed E-state index contributed by atoms with van der Waals surface area (Å²) >= 11 is 1.41. The summed E-state index contributed by atoms with van der Waals surface area (Å²) in [5.41, 5.74) is 2.05. The number of aromatic nitrogens is 1. The number of thioether (sulfide) groups is 1. The van der Waals surface area contributed by atoms with E-state index >= 15 is 0 Å². The molecule has 0 fully saturated rings. The second-order valence-corrected chi connectivity index (χ2v) is 9.18. The SMILES string of the molecule is CCCC(NC(=O)CNC(=O)CNC=O)C(=O)NCC(=O)N[C@H](C=O)CSc1[nH]c2ccccc2c1C. The van der Waals surface area contributed by atoms with Crippen LogP contribution in [0.2, 0.25) is 0 Å². The summed E-state index contributed by atoms with van der Waals surface area (Å²) in [4.78, 5) is 73.4. The molecule has 1 unspecified atom stereocenters. The molecule has 37 heavy (non-hydrogen) atoms. The number of fused-ring (bicyclic) bond motifs is 1. The van der Waals surface area contributed by atoms with Gasteiger partial charge in [0.1, 0.15) is 12.3 Å². The van der Waals surface area contributed by atoms with E-state index < -0.39 is 35.7 Å². The third-order valence-electron chi connectivity index (χ3n) is 5.28. The highest BCUT2D eigenvalue weighted by atomic mass is 32.2. The van der Waals surface area contributed by atoms with E-state index in [2.05, 4.69) is 31.6 Å². The van der Waals surface area contributed by atoms with Crippen molar-refractivity contribution in [1.82, 2.24) is 31.6 Å². The number of nitrogens with one attached hydrogen (secondary N) is 6. The van der Waals surface area contributed by atoms with Gasteiger partial charge in [0.15, 0.2) is 0 Å². The van der Waals surface area contributed by atoms with Gasteiger partial charge in [-0.15, -0.1) is 11.8 Å². The van der Waals surface area contributed by atoms with E-state index in [1.165, 1.54) is 11.8 Å². The highest BCUT2D eigenvalue weighted by Crippen LogP contribution is 2.28. The van der Waals surface area contributed by atoms with Crippen LogP contribution in [-0.2, 0) is 28.8 Å². The summed E-state index contributed by atoms with van der Waals surface area (Å²) in [6.45, 7) is 2.79. The molecule has 12 nitrogen and oxygen atoms in total. The van der Waals surface area contributed by atoms with Gasteiger partial charge in [-0.2, -0.15) is 0 Å². The van der Waals surface area contributed by atoms with Gasteiger partial charge >= 0.3 is 0 Å². The number of carbonyl (C=O) groups excluding carboxylic acids is 6. The first-order chi connectivity index (χ1) is 17.8. The average Bonchev–Trinajstić information content (AvgIpc) is 3.22. The monoisotopic (exact) mass is 532 g/mol. The lowest BCUT2D eigenvalue weighted by atomic mass is 10.1. The maximum absolute atomic E-state index is 12.5. The molecule has 0 aliphatic heterocycles. The normalized spacial score (nSPS) is 12.2. The van der Waals surface area contributed by atoms with Crippen LogP contribution in [0.3, 0.4) is 0 Å². The number of para-hydroxylation sites is 1. The Morgan fingerprint density at radius 3 is 2.35 bits per heavy atom. The van der Waals surface area contributed by atoms with Crippen LogP contribution in [0.15, 0.2) is 29.3 Å². The summed E-state index contributed by atoms with van der Waals surface area (Å²) < 4.78 is 0. The minimum atomic E-state index is -0.905. The molecular formula is C24H32N6O6S. The number of carbonyl (C=O) groups is 6. The first kappa shape index (κ1) is 29.4. The molecule has 6 N–H and O–H groups in total. The molecule has 1 aromatic heterocycles. The van der Waals surface area contributed by atoms with E-state index in [0.29, 0.717) is 31.3 Å². The van der Waals surface area contributed by atoms with Crippen molar-refractivity contribution in [3.8, 4) is 0 Å². The zero-order chi connectivity index (χ0) is 27.2. The molecule has 13 heteroatoms. The van der Waals surface area contributed by atoms with E-state index in [1.54, 1.807) is 0 Å². The number of aromatic amines is 1. The maximum Gasteiger partial charge on any atom is 0.243 e. The zero-order valence-corrected chi connectivity index (χ0v) is 21.5. The fourth-order valence-electron chi connectivity index (χ4n) is 3.42. The van der Waals surface area contributed by atoms with Crippen molar-refractivity contribution in [3.05, 3.63) is 29.8 Å². The van der Waals surface area contributed by atoms with Crippen LogP contribution in [0.1, 0.15) is 25.3 Å². The lowest BCUT2D eigenvalue weighted by molar-refractivity contribution is -0.131. The molecule has 0 radical (unpaired) electrons. The van der Waals surface area contributed by atoms with Crippen molar-refractivity contribution in [2.24, 2.45) is 0 Å². The number of rotatable bonds is 16. The van der Waals surface area contributed by atoms with E-state index in [4.69, 9.17) is 0 Å². The van der Waals surface area contributed by atoms with Gasteiger partial charge in [0, 0.05) is 16.7 Å². The molecular weight excluding hydrogens is 500 g/mol. The first-order valence-corrected chi connectivity index (χ1v) is 12.7. The van der Waals surface area contributed by atoms with E-state index in [1.807, 2.05) is 38.1 Å². The minimum Gasteiger partial charge on any atom is -0.350 e. The van der Waals surface area contributed by atoms with Crippen LogP contribution in [0.5, 0.6) is 0 Å². The zero-order valence-electron chi connectivity index (χ0n) is 20.7. The van der Waals surface area contributed by atoms with Gasteiger partial charge in [0.2, 0.25) is 30.0 Å². The Bertz CT molecular complexity index is 1120. The van der Waals surface area contributed by atoms with Crippen LogP contribution >= 0.6 is 11.8 Å². The van der Waals surface area contributed by atoms with E-state index in [9.17, 15) is 28.8 Å². The Morgan fingerprint density at radius 1 is 0.973 bits per heavy atom. The first-order valence-electron chi connectivity index (χ1n) is 11.7. The summed E-state index contributed by atoms with van der Waals surface area (Å²) in [7, 11) is 0. The fraction of sp³-hybridized carbons (Fsp3) is 0.417. The molecule has 2 rings (SSSR count). The topological polar surface area (TPSA) is 178 Å². The van der Waals surface area contributed by atoms with Crippen molar-refractivity contribution < 1.29 is 28.8 Å². The summed E-state index contributed by atoms with van der Waals surface area (Å²) in [5, 5.41) is 14.0. The summed E-state index contributed by atoms with van der Waals surface area (Å²) in [6.07, 6.45) is 1.90. The van der Waals surface area contributed by atoms with Gasteiger partial charge in [-0.1, -0.05) is 31.5 Å². The Labute approximate surface area is 218 Å². The van der Waals surface area contributed by atoms with Gasteiger partial charge in [0.05, 0.1) is 30.7 Å². The van der Waals surface area contributed by atoms with Gasteiger partial charge in [-0.25, -0.2) is 0 Å². The predicted molar refractivity (Wildman–Crippen MR) is 139 cm³/mol. The molecule has 200 valence electrons. The molecule has 1 aromatic carbocycles. The van der Waals surface area contributed by atoms with Crippen molar-refractivity contribution in [2.75, 3.05) is 25.4 Å². The van der Waals surface area contributed by atoms with Crippen molar-refractivity contribution in [2.45, 2.75) is 43.8 Å². The van der Waals surface area contributed by atoms with Crippen molar-refractivity contribution in [3.63, 3.8) is 0 Å². The van der Waals surface area contributed by atoms with Crippen LogP contribution in [-0.4, -0.2) is 78.8 Å². The molecule has 0 saturated carbocycles. The van der Waals surface area contributed by atoms with Crippen molar-refractivity contribution in [1.29, 1.82) is 0 Å². The lowest BCUT2D eigenvalue weighted by Gasteiger charge is -2.18. The molecule has 0 aliphatic carbocycles. The molecule has 1 heterocycles. The quantitative estimate of drug-likeness (QED) is 0.125. The van der Waals surface area contributed by atoms with Crippen LogP contribution in [0, 0.1) is 6.92 Å². The molecule has 0 bridgehead atoms. The highest BCUT2D eigenvalue weighted by Gasteiger charge is 2.21. The Kier molecular flexibility index (Phi) is 12.1. The number of aldehydes is 1. The summed E-state index contributed by atoms with van der Waals surface area (Å²) in [6, 6.07) is 6.18. The number of hydrogen-bond acceptors (Lipinski definition) is 7. The number of H-pyrrole nitrogens is 1. The maximum atomic E-state index is 12.5. The van der Waals surface area contributed by atoms with Crippen molar-refractivity contribution >= 4 is 59.0 Å². The molecule has 0 aliphatic rings. The summed E-state index contributed by atoms with van der Waals surface area (Å²) in [5.74, 6) is -1.96. The van der Waals surface area contributed by atoms with Gasteiger partial charge in [-0.3, -0.25) is 24.0 Å². The minimum absolute atomic E-state index is 0.271. The Hall–Kier alpha value is -3.87. The smallest absolute Gasteiger partial charge is 0.243 e. The third kappa shape index (κ3) is 9.60. The fourth-order valence-corrected chi connectivity index (χ4v) is 4.43. The standard InChI is InChI=1S/C24H32N6O6S/c1-3-6-19(29-22(35)10-26-20(33)9-25-14-32)23(36)27-11-21(34)28-16(12-31)13-37-24-15(2)17-7-4-5-8-18(17)30-24/h4-5,7-8,12,14,16,19,30H,3,6,9-11,13H2,1-2H3,(H,25,32)(H,26,33)(H,27,36)(H,28,34)(H,29,35)/t16-,19?/m1/s1. The van der Waals surface area contributed by atoms with Gasteiger partial charge < -0.3 is 36.4 Å². The predicted octanol–water partition coefficient (Wildman–Crippen LogP) is -0.485. The molecule has 0 saturated heterocycles. The van der Waals surface area contributed by atoms with E-state index in [-0.39, 0.29) is 19.6 Å². The van der Waals surface area contributed by atoms with Gasteiger partial charge in [-0.05, 0) is 25.0 Å². The Morgan fingerprint density at radius 2 is 1.68 bits per heavy atom. The third-order valence-corrected chi connectivity index (χ3v) is 6.50. The number of benzene rings is 1. The highest BCUT2D eigenvalue weighted by molar-refractivity contribution is 7.99. The van der Waals surface area contributed by atoms with Crippen LogP contribution in [0.4, 0.5) is 0 Å². The second kappa shape index (κ2) is 15.3. The molecule has 2 aromatic rings. The average molecular weight is 533 g/mol. The number of hydrogen-bond donors (Lipinski definition) is 6. The molecule has 2 atom stereocenters. The van der Waals surface area contributed by atoms with Gasteiger partial charge in [0.25, 0.3) is 0 Å². The van der Waals surface area contributed by atoms with E-state index in [0.717, 1.165) is 21.5 Å². The number of aryl methyl sites for hydroxylation is 1. The van der Waals surface area contributed by atoms with Crippen LogP contribution < -0.4 is 26.6 Å².